The Morgan fingerprint density at radius 1 is 0.964 bits per heavy atom. The third kappa shape index (κ3) is 10.6. The number of hydrogen-bond acceptors (Lipinski definition) is 9. The van der Waals surface area contributed by atoms with Gasteiger partial charge in [0, 0.05) is 35.1 Å². The van der Waals surface area contributed by atoms with Gasteiger partial charge in [-0.25, -0.2) is 9.78 Å². The first-order valence-electron chi connectivity index (χ1n) is 19.0. The van der Waals surface area contributed by atoms with E-state index in [0.717, 1.165) is 31.2 Å². The molecule has 1 fully saturated rings. The zero-order chi connectivity index (χ0) is 39.7. The number of esters is 1. The van der Waals surface area contributed by atoms with E-state index in [1.165, 1.54) is 6.42 Å². The normalized spacial score (nSPS) is 18.4. The maximum Gasteiger partial charge on any atom is 0.326 e. The molecule has 0 aliphatic heterocycles. The Bertz CT molecular complexity index is 1900. The molecule has 2 aromatic carbocycles. The highest BCUT2D eigenvalue weighted by atomic mass is 16.5. The van der Waals surface area contributed by atoms with Crippen LogP contribution in [0.15, 0.2) is 66.2 Å². The van der Waals surface area contributed by atoms with Crippen molar-refractivity contribution in [2.75, 3.05) is 20.3 Å². The van der Waals surface area contributed by atoms with Crippen LogP contribution in [0.5, 0.6) is 11.5 Å². The van der Waals surface area contributed by atoms with Crippen LogP contribution < -0.4 is 25.4 Å². The van der Waals surface area contributed by atoms with Gasteiger partial charge in [0.1, 0.15) is 36.2 Å². The number of carboxylic acid groups (broad SMARTS) is 1. The number of nitrogens with zero attached hydrogens (tertiary/aromatic N) is 1. The number of carbonyl (C=O) groups excluding carboxylic acids is 4. The fraction of sp³-hybridized carbons (Fsp3) is 0.476. The van der Waals surface area contributed by atoms with Crippen LogP contribution in [0.3, 0.4) is 0 Å². The first kappa shape index (κ1) is 40.7. The van der Waals surface area contributed by atoms with Crippen molar-refractivity contribution in [1.29, 1.82) is 0 Å². The zero-order valence-corrected chi connectivity index (χ0v) is 32.2. The van der Waals surface area contributed by atoms with Crippen molar-refractivity contribution in [3.05, 3.63) is 66.2 Å². The van der Waals surface area contributed by atoms with E-state index >= 15 is 0 Å². The molecule has 3 aromatic rings. The van der Waals surface area contributed by atoms with E-state index < -0.39 is 59.2 Å². The number of fused-ring (bicyclic) bond motifs is 1. The molecule has 1 saturated carbocycles. The Kier molecular flexibility index (Phi) is 13.5. The van der Waals surface area contributed by atoms with Crippen LogP contribution in [0.4, 0.5) is 0 Å². The van der Waals surface area contributed by atoms with Crippen molar-refractivity contribution in [3.8, 4) is 22.8 Å². The lowest BCUT2D eigenvalue weighted by Gasteiger charge is -2.31. The summed E-state index contributed by atoms with van der Waals surface area (Å²) in [5.41, 5.74) is 1.31. The fourth-order valence-electron chi connectivity index (χ4n) is 7.01. The van der Waals surface area contributed by atoms with Gasteiger partial charge >= 0.3 is 11.9 Å². The number of nitrogens with one attached hydrogen (secondary N) is 3. The molecule has 1 aromatic heterocycles. The number of pyridine rings is 1. The molecule has 0 unspecified atom stereocenters. The molecule has 294 valence electrons. The summed E-state index contributed by atoms with van der Waals surface area (Å²) in [7, 11) is 1.56. The lowest BCUT2D eigenvalue weighted by Crippen LogP contribution is -2.55. The Labute approximate surface area is 321 Å². The number of methoxy groups -OCH3 is 1. The summed E-state index contributed by atoms with van der Waals surface area (Å²) >= 11 is 0. The zero-order valence-electron chi connectivity index (χ0n) is 32.2. The fourth-order valence-corrected chi connectivity index (χ4v) is 7.01. The molecule has 5 rings (SSSR count). The number of hydrogen-bond donors (Lipinski definition) is 4. The first-order chi connectivity index (χ1) is 26.3. The van der Waals surface area contributed by atoms with Crippen LogP contribution >= 0.6 is 0 Å². The number of aromatic nitrogens is 1. The van der Waals surface area contributed by atoms with E-state index in [0.29, 0.717) is 40.6 Å². The molecule has 4 atom stereocenters. The Morgan fingerprint density at radius 3 is 2.35 bits per heavy atom. The van der Waals surface area contributed by atoms with Gasteiger partial charge < -0.3 is 35.3 Å². The minimum atomic E-state index is -1.20. The number of aliphatic carboxylic acids is 1. The molecule has 0 spiro atoms. The second-order valence-electron chi connectivity index (χ2n) is 15.3. The van der Waals surface area contributed by atoms with Crippen molar-refractivity contribution in [2.45, 2.75) is 90.8 Å². The predicted octanol–water partition coefficient (Wildman–Crippen LogP) is 5.35. The summed E-state index contributed by atoms with van der Waals surface area (Å²) in [6.07, 6.45) is 6.33. The lowest BCUT2D eigenvalue weighted by molar-refractivity contribution is -0.146. The van der Waals surface area contributed by atoms with Gasteiger partial charge in [-0.15, -0.1) is 0 Å². The van der Waals surface area contributed by atoms with Crippen molar-refractivity contribution in [2.24, 2.45) is 17.3 Å². The Balaban J connectivity index is 1.39. The predicted molar refractivity (Wildman–Crippen MR) is 206 cm³/mol. The van der Waals surface area contributed by atoms with E-state index in [2.05, 4.69) is 16.0 Å². The van der Waals surface area contributed by atoms with Gasteiger partial charge in [-0.2, -0.15) is 0 Å². The molecule has 2 aliphatic carbocycles. The summed E-state index contributed by atoms with van der Waals surface area (Å²) in [5.74, 6) is -3.43. The summed E-state index contributed by atoms with van der Waals surface area (Å²) in [6.45, 7) is 6.89. The van der Waals surface area contributed by atoms with Crippen LogP contribution in [-0.2, 0) is 28.7 Å². The maximum absolute atomic E-state index is 14.1. The molecule has 13 heteroatoms. The van der Waals surface area contributed by atoms with Crippen LogP contribution in [0, 0.1) is 17.3 Å². The molecule has 4 N–H and O–H groups in total. The van der Waals surface area contributed by atoms with Crippen LogP contribution in [0.1, 0.15) is 72.6 Å². The number of amides is 3. The number of rotatable bonds is 15. The van der Waals surface area contributed by atoms with Crippen molar-refractivity contribution in [3.63, 3.8) is 0 Å². The molecule has 2 aliphatic rings. The maximum atomic E-state index is 14.1. The topological polar surface area (TPSA) is 182 Å². The summed E-state index contributed by atoms with van der Waals surface area (Å²) in [4.78, 5) is 70.6. The molecular formula is C42H52N4O9. The highest BCUT2D eigenvalue weighted by Crippen LogP contribution is 2.36. The molecular weight excluding hydrogens is 704 g/mol. The standard InChI is InChI=1S/C42H52N4O9/c1-6-32(41(51)52)45-38(48)30-19-28(55-35-22-33(26-15-11-8-12-16-26)44-34-21-27(53-5)17-18-29(34)35)20-31(30)39(49)46-37(42(2,3)4)40(50)43-23-36(47)54-24-25-13-9-7-10-14-25/h8,11-12,15-18,20-22,25,28,30,32,37H,6-7,9-10,13-14,19,23-24H2,1-5H3,(H,43,50)(H,45,48)(H,46,49)(H,51,52)/t28-,30-,32-,37+/m0/s1. The molecule has 0 radical (unpaired) electrons. The largest absolute Gasteiger partial charge is 0.497 e. The van der Waals surface area contributed by atoms with Gasteiger partial charge in [0.15, 0.2) is 0 Å². The van der Waals surface area contributed by atoms with Crippen LogP contribution in [0.2, 0.25) is 0 Å². The van der Waals surface area contributed by atoms with E-state index in [9.17, 15) is 29.1 Å². The minimum absolute atomic E-state index is 0.0184. The van der Waals surface area contributed by atoms with Gasteiger partial charge in [-0.3, -0.25) is 19.2 Å². The number of ether oxygens (including phenoxy) is 3. The molecule has 55 heavy (non-hydrogen) atoms. The molecule has 0 saturated heterocycles. The van der Waals surface area contributed by atoms with Gasteiger partial charge in [0.05, 0.1) is 30.8 Å². The molecule has 13 nitrogen and oxygen atoms in total. The average molecular weight is 757 g/mol. The number of carbonyl (C=O) groups is 5. The summed E-state index contributed by atoms with van der Waals surface area (Å²) < 4.78 is 17.4. The lowest BCUT2D eigenvalue weighted by atomic mass is 9.85. The van der Waals surface area contributed by atoms with Crippen molar-refractivity contribution >= 4 is 40.6 Å². The van der Waals surface area contributed by atoms with E-state index in [-0.39, 0.29) is 25.0 Å². The van der Waals surface area contributed by atoms with Gasteiger partial charge in [-0.05, 0) is 48.8 Å². The average Bonchev–Trinajstić information content (AvgIpc) is 3.61. The smallest absolute Gasteiger partial charge is 0.326 e. The summed E-state index contributed by atoms with van der Waals surface area (Å²) in [6, 6.07) is 14.5. The van der Waals surface area contributed by atoms with Gasteiger partial charge in [-0.1, -0.05) is 77.3 Å². The molecule has 1 heterocycles. The number of carboxylic acids is 1. The van der Waals surface area contributed by atoms with E-state index in [4.69, 9.17) is 19.2 Å². The second kappa shape index (κ2) is 18.2. The van der Waals surface area contributed by atoms with Gasteiger partial charge in [0.2, 0.25) is 17.7 Å². The number of benzene rings is 2. The van der Waals surface area contributed by atoms with Gasteiger partial charge in [0.25, 0.3) is 0 Å². The van der Waals surface area contributed by atoms with Crippen LogP contribution in [0.25, 0.3) is 22.2 Å². The van der Waals surface area contributed by atoms with E-state index in [1.807, 2.05) is 36.4 Å². The Hall–Kier alpha value is -5.46. The third-order valence-electron chi connectivity index (χ3n) is 10.2. The Morgan fingerprint density at radius 2 is 1.69 bits per heavy atom. The van der Waals surface area contributed by atoms with Crippen molar-refractivity contribution in [1.82, 2.24) is 20.9 Å². The monoisotopic (exact) mass is 756 g/mol. The SMILES string of the molecule is CC[C@H](NC(=O)[C@H]1C[C@H](Oc2cc(-c3ccccc3)nc3cc(OC)ccc23)C=C1C(=O)N[C@H](C(=O)NCC(=O)OCC1CCCCC1)C(C)(C)C)C(=O)O. The second-order valence-corrected chi connectivity index (χ2v) is 15.3. The molecule has 3 amide bonds. The minimum Gasteiger partial charge on any atom is -0.497 e. The third-order valence-corrected chi connectivity index (χ3v) is 10.2. The highest BCUT2D eigenvalue weighted by Gasteiger charge is 2.41. The van der Waals surface area contributed by atoms with E-state index in [1.54, 1.807) is 59.1 Å². The van der Waals surface area contributed by atoms with Crippen molar-refractivity contribution < 1.29 is 43.3 Å². The summed E-state index contributed by atoms with van der Waals surface area (Å²) in [5, 5.41) is 18.3. The van der Waals surface area contributed by atoms with Crippen LogP contribution in [-0.4, -0.2) is 78.2 Å². The quantitative estimate of drug-likeness (QED) is 0.148. The molecule has 0 bridgehead atoms. The first-order valence-corrected chi connectivity index (χ1v) is 19.0. The highest BCUT2D eigenvalue weighted by molar-refractivity contribution is 6.03.